The fourth-order valence-electron chi connectivity index (χ4n) is 4.47. The summed E-state index contributed by atoms with van der Waals surface area (Å²) in [6, 6.07) is 16.2. The lowest BCUT2D eigenvalue weighted by Crippen LogP contribution is -2.37. The Morgan fingerprint density at radius 3 is 2.90 bits per heavy atom. The van der Waals surface area contributed by atoms with E-state index in [-0.39, 0.29) is 18.6 Å². The lowest BCUT2D eigenvalue weighted by Gasteiger charge is -2.21. The van der Waals surface area contributed by atoms with Crippen LogP contribution in [0.2, 0.25) is 0 Å². The van der Waals surface area contributed by atoms with Crippen molar-refractivity contribution in [2.75, 3.05) is 26.4 Å². The van der Waals surface area contributed by atoms with E-state index in [0.29, 0.717) is 18.7 Å². The molecule has 1 amide bonds. The van der Waals surface area contributed by atoms with Crippen LogP contribution in [0.3, 0.4) is 0 Å². The van der Waals surface area contributed by atoms with Crippen molar-refractivity contribution in [3.63, 3.8) is 0 Å². The number of fused-ring (bicyclic) bond motifs is 1. The van der Waals surface area contributed by atoms with Gasteiger partial charge in [0.1, 0.15) is 5.71 Å². The molecule has 31 heavy (non-hydrogen) atoms. The van der Waals surface area contributed by atoms with Gasteiger partial charge in [0.15, 0.2) is 17.1 Å². The largest absolute Gasteiger partial charge is 0.454 e. The van der Waals surface area contributed by atoms with Gasteiger partial charge in [-0.05, 0) is 29.2 Å². The van der Waals surface area contributed by atoms with Crippen molar-refractivity contribution in [1.29, 1.82) is 0 Å². The first-order valence-electron chi connectivity index (χ1n) is 10.8. The molecule has 2 aromatic rings. The molecule has 3 aliphatic heterocycles. The molecule has 1 fully saturated rings. The number of amides is 1. The molecule has 1 spiro atoms. The summed E-state index contributed by atoms with van der Waals surface area (Å²) in [6.45, 7) is 5.43. The Labute approximate surface area is 182 Å². The van der Waals surface area contributed by atoms with E-state index < -0.39 is 5.60 Å². The van der Waals surface area contributed by atoms with Crippen LogP contribution >= 0.6 is 0 Å². The zero-order valence-corrected chi connectivity index (χ0v) is 17.7. The number of hydrogen-bond acceptors (Lipinski definition) is 6. The van der Waals surface area contributed by atoms with Gasteiger partial charge in [-0.15, -0.1) is 0 Å². The Kier molecular flexibility index (Phi) is 5.28. The number of carbonyl (C=O) groups is 1. The molecule has 1 N–H and O–H groups in total. The summed E-state index contributed by atoms with van der Waals surface area (Å²) >= 11 is 0. The minimum atomic E-state index is -0.395. The average molecular weight is 421 g/mol. The predicted octanol–water partition coefficient (Wildman–Crippen LogP) is 3.06. The average Bonchev–Trinajstić information content (AvgIpc) is 3.53. The van der Waals surface area contributed by atoms with E-state index in [4.69, 9.17) is 14.3 Å². The summed E-state index contributed by atoms with van der Waals surface area (Å²) < 4.78 is 10.9. The Bertz CT molecular complexity index is 994. The summed E-state index contributed by atoms with van der Waals surface area (Å²) in [5.74, 6) is 1.71. The molecule has 2 atom stereocenters. The molecule has 2 aromatic carbocycles. The topological polar surface area (TPSA) is 72.4 Å². The summed E-state index contributed by atoms with van der Waals surface area (Å²) in [4.78, 5) is 20.8. The van der Waals surface area contributed by atoms with Crippen molar-refractivity contribution in [3.8, 4) is 11.5 Å². The third kappa shape index (κ3) is 4.23. The standard InChI is InChI=1S/C24H27N3O4/c1-17(19-5-3-2-4-6-19)13-25-23(28)20-12-24(31-26-20)9-10-27(15-24)14-18-7-8-21-22(11-18)30-16-29-21/h2-8,11,17H,9-10,12-16H2,1H3,(H,25,28). The number of rotatable bonds is 6. The number of benzene rings is 2. The molecule has 3 aliphatic rings. The van der Waals surface area contributed by atoms with Gasteiger partial charge in [-0.25, -0.2) is 0 Å². The van der Waals surface area contributed by atoms with Crippen LogP contribution < -0.4 is 14.8 Å². The first-order chi connectivity index (χ1) is 15.1. The second-order valence-electron chi connectivity index (χ2n) is 8.66. The van der Waals surface area contributed by atoms with Gasteiger partial charge >= 0.3 is 0 Å². The smallest absolute Gasteiger partial charge is 0.269 e. The number of ether oxygens (including phenoxy) is 2. The molecule has 0 saturated carbocycles. The van der Waals surface area contributed by atoms with Crippen LogP contribution in [0.1, 0.15) is 36.8 Å². The van der Waals surface area contributed by atoms with Crippen LogP contribution in [0.4, 0.5) is 0 Å². The van der Waals surface area contributed by atoms with E-state index in [1.165, 1.54) is 11.1 Å². The third-order valence-corrected chi connectivity index (χ3v) is 6.28. The summed E-state index contributed by atoms with van der Waals surface area (Å²) in [6.07, 6.45) is 1.41. The first kappa shape index (κ1) is 19.9. The summed E-state index contributed by atoms with van der Waals surface area (Å²) in [7, 11) is 0. The van der Waals surface area contributed by atoms with Crippen LogP contribution in [0.15, 0.2) is 53.7 Å². The first-order valence-corrected chi connectivity index (χ1v) is 10.8. The molecule has 2 unspecified atom stereocenters. The molecular weight excluding hydrogens is 394 g/mol. The molecule has 7 heteroatoms. The van der Waals surface area contributed by atoms with E-state index in [1.807, 2.05) is 30.3 Å². The lowest BCUT2D eigenvalue weighted by molar-refractivity contribution is -0.115. The monoisotopic (exact) mass is 421 g/mol. The molecule has 7 nitrogen and oxygen atoms in total. The number of nitrogens with one attached hydrogen (secondary N) is 1. The number of nitrogens with zero attached hydrogens (tertiary/aromatic N) is 2. The molecular formula is C24H27N3O4. The van der Waals surface area contributed by atoms with Crippen molar-refractivity contribution in [3.05, 3.63) is 59.7 Å². The second kappa shape index (κ2) is 8.23. The van der Waals surface area contributed by atoms with Crippen LogP contribution in [0, 0.1) is 0 Å². The second-order valence-corrected chi connectivity index (χ2v) is 8.66. The fourth-order valence-corrected chi connectivity index (χ4v) is 4.47. The van der Waals surface area contributed by atoms with Crippen LogP contribution in [0.5, 0.6) is 11.5 Å². The van der Waals surface area contributed by atoms with Gasteiger partial charge in [0.2, 0.25) is 6.79 Å². The SMILES string of the molecule is CC(CNC(=O)C1=NOC2(CCN(Cc3ccc4c(c3)OCO4)C2)C1)c1ccccc1. The Hall–Kier alpha value is -3.06. The maximum atomic E-state index is 12.6. The van der Waals surface area contributed by atoms with Crippen LogP contribution in [-0.2, 0) is 16.2 Å². The van der Waals surface area contributed by atoms with Crippen molar-refractivity contribution in [2.45, 2.75) is 37.8 Å². The minimum absolute atomic E-state index is 0.131. The molecule has 0 bridgehead atoms. The Morgan fingerprint density at radius 1 is 1.19 bits per heavy atom. The highest BCUT2D eigenvalue weighted by molar-refractivity contribution is 6.39. The Morgan fingerprint density at radius 2 is 2.03 bits per heavy atom. The highest BCUT2D eigenvalue weighted by Gasteiger charge is 2.46. The van der Waals surface area contributed by atoms with Gasteiger partial charge in [-0.3, -0.25) is 9.69 Å². The third-order valence-electron chi connectivity index (χ3n) is 6.28. The van der Waals surface area contributed by atoms with Crippen molar-refractivity contribution in [1.82, 2.24) is 10.2 Å². The zero-order chi connectivity index (χ0) is 21.3. The van der Waals surface area contributed by atoms with Gasteiger partial charge in [-0.2, -0.15) is 0 Å². The zero-order valence-electron chi connectivity index (χ0n) is 17.7. The molecule has 5 rings (SSSR count). The lowest BCUT2D eigenvalue weighted by atomic mass is 9.96. The highest BCUT2D eigenvalue weighted by Crippen LogP contribution is 2.36. The molecule has 162 valence electrons. The Balaban J connectivity index is 1.12. The minimum Gasteiger partial charge on any atom is -0.454 e. The normalized spacial score (nSPS) is 22.9. The summed E-state index contributed by atoms with van der Waals surface area (Å²) in [5, 5.41) is 7.17. The van der Waals surface area contributed by atoms with E-state index in [1.54, 1.807) is 0 Å². The molecule has 3 heterocycles. The fraction of sp³-hybridized carbons (Fsp3) is 0.417. The summed E-state index contributed by atoms with van der Waals surface area (Å²) in [5.41, 5.74) is 2.48. The van der Waals surface area contributed by atoms with Crippen LogP contribution in [-0.4, -0.2) is 48.5 Å². The number of likely N-dealkylation sites (tertiary alicyclic amines) is 1. The van der Waals surface area contributed by atoms with Crippen molar-refractivity contribution in [2.24, 2.45) is 5.16 Å². The van der Waals surface area contributed by atoms with E-state index in [9.17, 15) is 4.79 Å². The van der Waals surface area contributed by atoms with Gasteiger partial charge in [0.25, 0.3) is 5.91 Å². The van der Waals surface area contributed by atoms with Gasteiger partial charge in [0.05, 0.1) is 0 Å². The van der Waals surface area contributed by atoms with E-state index >= 15 is 0 Å². The van der Waals surface area contributed by atoms with Crippen molar-refractivity contribution >= 4 is 11.6 Å². The van der Waals surface area contributed by atoms with Gasteiger partial charge in [-0.1, -0.05) is 48.5 Å². The maximum absolute atomic E-state index is 12.6. The molecule has 0 radical (unpaired) electrons. The molecule has 0 aliphatic carbocycles. The quantitative estimate of drug-likeness (QED) is 0.776. The van der Waals surface area contributed by atoms with E-state index in [0.717, 1.165) is 37.6 Å². The molecule has 0 aromatic heterocycles. The number of hydrogen-bond donors (Lipinski definition) is 1. The number of carbonyl (C=O) groups excluding carboxylic acids is 1. The van der Waals surface area contributed by atoms with E-state index in [2.05, 4.69) is 40.5 Å². The van der Waals surface area contributed by atoms with Crippen LogP contribution in [0.25, 0.3) is 0 Å². The van der Waals surface area contributed by atoms with Crippen molar-refractivity contribution < 1.29 is 19.1 Å². The molecule has 1 saturated heterocycles. The predicted molar refractivity (Wildman–Crippen MR) is 116 cm³/mol. The number of oxime groups is 1. The van der Waals surface area contributed by atoms with Gasteiger partial charge in [0, 0.05) is 39.0 Å². The highest BCUT2D eigenvalue weighted by atomic mass is 16.7. The maximum Gasteiger partial charge on any atom is 0.269 e. The van der Waals surface area contributed by atoms with Gasteiger partial charge < -0.3 is 19.6 Å².